The number of hydrogen-bond acceptors (Lipinski definition) is 8. The third kappa shape index (κ3) is 5.78. The molecule has 0 spiro atoms. The molecule has 0 unspecified atom stereocenters. The van der Waals surface area contributed by atoms with Gasteiger partial charge in [0.1, 0.15) is 11.3 Å². The van der Waals surface area contributed by atoms with E-state index in [1.165, 1.54) is 0 Å². The van der Waals surface area contributed by atoms with Crippen molar-refractivity contribution in [1.29, 1.82) is 0 Å². The maximum Gasteiger partial charge on any atom is 0.277 e. The summed E-state index contributed by atoms with van der Waals surface area (Å²) in [4.78, 5) is 29.4. The van der Waals surface area contributed by atoms with Gasteiger partial charge in [-0.25, -0.2) is 9.50 Å². The van der Waals surface area contributed by atoms with E-state index in [4.69, 9.17) is 31.2 Å². The number of amides is 1. The van der Waals surface area contributed by atoms with Crippen LogP contribution in [0.5, 0.6) is 5.88 Å². The SMILES string of the molecule is COc1nc(-c2cccc(-c3cc4c(=O)n(C)c(CNC[C@@H]5CCO5)nn4c3)c2Cl)ccc1CNC[C@@H]1CCC(=O)N1. The topological polar surface area (TPSA) is 124 Å². The van der Waals surface area contributed by atoms with E-state index in [0.29, 0.717) is 54.0 Å². The van der Waals surface area contributed by atoms with E-state index in [9.17, 15) is 9.59 Å². The van der Waals surface area contributed by atoms with Crippen LogP contribution in [0.1, 0.15) is 30.7 Å². The molecule has 5 heterocycles. The number of aromatic nitrogens is 4. The fourth-order valence-corrected chi connectivity index (χ4v) is 5.69. The number of ether oxygens (including phenoxy) is 2. The Kier molecular flexibility index (Phi) is 8.25. The molecule has 3 aromatic heterocycles. The lowest BCUT2D eigenvalue weighted by atomic mass is 10.0. The summed E-state index contributed by atoms with van der Waals surface area (Å²) in [6, 6.07) is 11.6. The van der Waals surface area contributed by atoms with Crippen LogP contribution in [0.25, 0.3) is 27.9 Å². The Bertz CT molecular complexity index is 1680. The second kappa shape index (κ2) is 12.2. The molecule has 2 saturated heterocycles. The van der Waals surface area contributed by atoms with Gasteiger partial charge in [0.2, 0.25) is 11.8 Å². The van der Waals surface area contributed by atoms with Gasteiger partial charge >= 0.3 is 0 Å². The molecule has 220 valence electrons. The van der Waals surface area contributed by atoms with Crippen LogP contribution in [0.4, 0.5) is 0 Å². The van der Waals surface area contributed by atoms with Crippen molar-refractivity contribution in [1.82, 2.24) is 35.1 Å². The first-order valence-electron chi connectivity index (χ1n) is 14.1. The molecule has 2 atom stereocenters. The normalized spacial score (nSPS) is 18.3. The lowest BCUT2D eigenvalue weighted by molar-refractivity contribution is -0.119. The lowest BCUT2D eigenvalue weighted by Gasteiger charge is -2.26. The summed E-state index contributed by atoms with van der Waals surface area (Å²) >= 11 is 6.97. The molecular formula is C30H34ClN7O4. The molecule has 0 saturated carbocycles. The van der Waals surface area contributed by atoms with Gasteiger partial charge in [-0.15, -0.1) is 0 Å². The molecule has 12 heteroatoms. The number of pyridine rings is 1. The van der Waals surface area contributed by atoms with E-state index in [1.54, 1.807) is 23.2 Å². The predicted molar refractivity (Wildman–Crippen MR) is 160 cm³/mol. The predicted octanol–water partition coefficient (Wildman–Crippen LogP) is 2.67. The third-order valence-electron chi connectivity index (χ3n) is 7.89. The first-order valence-corrected chi connectivity index (χ1v) is 14.5. The van der Waals surface area contributed by atoms with Crippen molar-refractivity contribution in [3.8, 4) is 28.3 Å². The van der Waals surface area contributed by atoms with Crippen molar-refractivity contribution >= 4 is 23.0 Å². The second-order valence-corrected chi connectivity index (χ2v) is 11.1. The number of nitrogens with one attached hydrogen (secondary N) is 3. The smallest absolute Gasteiger partial charge is 0.277 e. The van der Waals surface area contributed by atoms with Gasteiger partial charge in [-0.05, 0) is 25.0 Å². The van der Waals surface area contributed by atoms with Gasteiger partial charge < -0.3 is 25.4 Å². The molecule has 42 heavy (non-hydrogen) atoms. The van der Waals surface area contributed by atoms with Gasteiger partial charge in [0, 0.05) is 74.2 Å². The standard InChI is InChI=1S/C30H34ClN7O4/c1-37-26(16-33-15-21-10-11-42-21)36-38-17-19(12-25(38)30(37)40)22-4-3-5-23(28(22)31)24-8-6-18(29(35-24)41-2)13-32-14-20-7-9-27(39)34-20/h3-6,8,12,17,20-21,32-33H,7,9-11,13-16H2,1-2H3,(H,34,39)/t20-,21-/m0/s1. The van der Waals surface area contributed by atoms with Crippen molar-refractivity contribution in [2.45, 2.75) is 44.5 Å². The van der Waals surface area contributed by atoms with E-state index in [-0.39, 0.29) is 23.6 Å². The average Bonchev–Trinajstić information content (AvgIpc) is 3.59. The zero-order valence-corrected chi connectivity index (χ0v) is 24.4. The maximum atomic E-state index is 13.2. The van der Waals surface area contributed by atoms with E-state index in [2.05, 4.69) is 16.0 Å². The van der Waals surface area contributed by atoms with Crippen LogP contribution >= 0.6 is 11.6 Å². The monoisotopic (exact) mass is 591 g/mol. The van der Waals surface area contributed by atoms with Crippen molar-refractivity contribution in [3.05, 3.63) is 69.4 Å². The Labute approximate surface area is 248 Å². The first kappa shape index (κ1) is 28.4. The second-order valence-electron chi connectivity index (χ2n) is 10.7. The van der Waals surface area contributed by atoms with Crippen molar-refractivity contribution in [2.24, 2.45) is 7.05 Å². The number of nitrogens with zero attached hydrogens (tertiary/aromatic N) is 4. The summed E-state index contributed by atoms with van der Waals surface area (Å²) in [5.41, 5.74) is 4.22. The highest BCUT2D eigenvalue weighted by Gasteiger charge is 2.21. The summed E-state index contributed by atoms with van der Waals surface area (Å²) in [6.45, 7) is 3.23. The Balaban J connectivity index is 1.22. The number of benzene rings is 1. The lowest BCUT2D eigenvalue weighted by Crippen LogP contribution is -2.38. The number of carbonyl (C=O) groups is 1. The molecule has 0 radical (unpaired) electrons. The quantitative estimate of drug-likeness (QED) is 0.243. The number of rotatable bonds is 11. The minimum absolute atomic E-state index is 0.101. The molecule has 0 aliphatic carbocycles. The Morgan fingerprint density at radius 2 is 1.93 bits per heavy atom. The van der Waals surface area contributed by atoms with E-state index in [1.807, 2.05) is 42.6 Å². The van der Waals surface area contributed by atoms with E-state index < -0.39 is 0 Å². The van der Waals surface area contributed by atoms with Crippen LogP contribution in [-0.4, -0.2) is 64.0 Å². The van der Waals surface area contributed by atoms with Gasteiger partial charge in [-0.3, -0.25) is 14.2 Å². The summed E-state index contributed by atoms with van der Waals surface area (Å²) < 4.78 is 14.3. The van der Waals surface area contributed by atoms with Gasteiger partial charge in [-0.1, -0.05) is 35.9 Å². The summed E-state index contributed by atoms with van der Waals surface area (Å²) in [6.07, 6.45) is 4.52. The molecule has 2 aliphatic heterocycles. The highest BCUT2D eigenvalue weighted by atomic mass is 35.5. The van der Waals surface area contributed by atoms with Crippen LogP contribution < -0.4 is 26.2 Å². The average molecular weight is 592 g/mol. The molecule has 3 N–H and O–H groups in total. The van der Waals surface area contributed by atoms with Crippen LogP contribution in [0.3, 0.4) is 0 Å². The van der Waals surface area contributed by atoms with Gasteiger partial charge in [0.25, 0.3) is 5.56 Å². The van der Waals surface area contributed by atoms with Gasteiger partial charge in [0.05, 0.1) is 30.5 Å². The number of fused-ring (bicyclic) bond motifs is 1. The zero-order valence-electron chi connectivity index (χ0n) is 23.7. The highest BCUT2D eigenvalue weighted by Crippen LogP contribution is 2.37. The number of carbonyl (C=O) groups excluding carboxylic acids is 1. The minimum atomic E-state index is -0.133. The van der Waals surface area contributed by atoms with Crippen LogP contribution in [0, 0.1) is 0 Å². The molecule has 2 aliphatic rings. The molecule has 6 rings (SSSR count). The summed E-state index contributed by atoms with van der Waals surface area (Å²) in [7, 11) is 3.33. The number of halogens is 1. The first-order chi connectivity index (χ1) is 20.4. The highest BCUT2D eigenvalue weighted by molar-refractivity contribution is 6.36. The van der Waals surface area contributed by atoms with Crippen LogP contribution in [-0.2, 0) is 29.7 Å². The van der Waals surface area contributed by atoms with Gasteiger partial charge in [0.15, 0.2) is 0 Å². The molecule has 0 bridgehead atoms. The molecular weight excluding hydrogens is 558 g/mol. The fourth-order valence-electron chi connectivity index (χ4n) is 5.36. The van der Waals surface area contributed by atoms with Crippen LogP contribution in [0.15, 0.2) is 47.4 Å². The van der Waals surface area contributed by atoms with Crippen molar-refractivity contribution in [3.63, 3.8) is 0 Å². The Morgan fingerprint density at radius 1 is 1.12 bits per heavy atom. The Morgan fingerprint density at radius 3 is 2.67 bits per heavy atom. The van der Waals surface area contributed by atoms with E-state index >= 15 is 0 Å². The molecule has 4 aromatic rings. The van der Waals surface area contributed by atoms with E-state index in [0.717, 1.165) is 48.2 Å². The molecule has 1 aromatic carbocycles. The van der Waals surface area contributed by atoms with Crippen LogP contribution in [0.2, 0.25) is 5.02 Å². The van der Waals surface area contributed by atoms with Gasteiger partial charge in [-0.2, -0.15) is 5.10 Å². The zero-order chi connectivity index (χ0) is 29.2. The van der Waals surface area contributed by atoms with Crippen molar-refractivity contribution < 1.29 is 14.3 Å². The Hall–Kier alpha value is -3.77. The largest absolute Gasteiger partial charge is 0.481 e. The number of hydrogen-bond donors (Lipinski definition) is 3. The molecule has 2 fully saturated rings. The number of methoxy groups -OCH3 is 1. The maximum absolute atomic E-state index is 13.2. The summed E-state index contributed by atoms with van der Waals surface area (Å²) in [5.74, 6) is 1.24. The molecule has 1 amide bonds. The fraction of sp³-hybridized carbons (Fsp3) is 0.400. The third-order valence-corrected chi connectivity index (χ3v) is 8.30. The summed E-state index contributed by atoms with van der Waals surface area (Å²) in [5, 5.41) is 14.9. The molecule has 11 nitrogen and oxygen atoms in total. The minimum Gasteiger partial charge on any atom is -0.481 e. The van der Waals surface area contributed by atoms with Crippen molar-refractivity contribution in [2.75, 3.05) is 26.8 Å².